The highest BCUT2D eigenvalue weighted by Gasteiger charge is 2.62. The number of rotatable bonds is 3. The van der Waals surface area contributed by atoms with Crippen LogP contribution < -0.4 is 0 Å². The minimum absolute atomic E-state index is 0.0698. The lowest BCUT2D eigenvalue weighted by atomic mass is 9.79. The van der Waals surface area contributed by atoms with Crippen molar-refractivity contribution in [3.05, 3.63) is 75.3 Å². The third-order valence-corrected chi connectivity index (χ3v) is 6.21. The van der Waals surface area contributed by atoms with Crippen LogP contribution in [0.2, 0.25) is 0 Å². The van der Waals surface area contributed by atoms with Gasteiger partial charge in [-0.05, 0) is 23.3 Å². The van der Waals surface area contributed by atoms with Crippen LogP contribution in [0.25, 0.3) is 0 Å². The molecule has 2 aromatic rings. The average Bonchev–Trinajstić information content (AvgIpc) is 3.25. The molecule has 0 aromatic heterocycles. The molecule has 7 nitrogen and oxygen atoms in total. The highest BCUT2D eigenvalue weighted by atomic mass is 16.6. The van der Waals surface area contributed by atoms with Crippen molar-refractivity contribution >= 4 is 11.4 Å². The molecule has 28 heavy (non-hydrogen) atoms. The second-order valence-electron chi connectivity index (χ2n) is 7.51. The van der Waals surface area contributed by atoms with Crippen molar-refractivity contribution in [1.29, 1.82) is 0 Å². The molecule has 0 radical (unpaired) electrons. The molecule has 1 saturated heterocycles. The van der Waals surface area contributed by atoms with Crippen LogP contribution in [0.4, 0.5) is 5.69 Å². The van der Waals surface area contributed by atoms with E-state index in [9.17, 15) is 10.1 Å². The maximum absolute atomic E-state index is 11.1. The molecule has 0 N–H and O–H groups in total. The van der Waals surface area contributed by atoms with E-state index in [0.29, 0.717) is 13.2 Å². The Labute approximate surface area is 162 Å². The topological polar surface area (TPSA) is 77.2 Å². The second kappa shape index (κ2) is 6.39. The van der Waals surface area contributed by atoms with E-state index in [-0.39, 0.29) is 22.6 Å². The molecule has 2 aliphatic heterocycles. The fourth-order valence-corrected chi connectivity index (χ4v) is 4.96. The first-order chi connectivity index (χ1) is 13.6. The molecule has 0 spiro atoms. The summed E-state index contributed by atoms with van der Waals surface area (Å²) in [5, 5.41) is 15.6. The van der Waals surface area contributed by atoms with Crippen molar-refractivity contribution < 1.29 is 14.5 Å². The van der Waals surface area contributed by atoms with Gasteiger partial charge in [0, 0.05) is 36.7 Å². The van der Waals surface area contributed by atoms with E-state index in [4.69, 9.17) is 9.57 Å². The van der Waals surface area contributed by atoms with Crippen molar-refractivity contribution in [2.24, 2.45) is 5.16 Å². The van der Waals surface area contributed by atoms with E-state index in [0.717, 1.165) is 24.4 Å². The molecule has 1 fully saturated rings. The van der Waals surface area contributed by atoms with Gasteiger partial charge in [0.2, 0.25) is 0 Å². The Hall–Kier alpha value is -2.77. The molecule has 3 aliphatic rings. The fraction of sp³-hybridized carbons (Fsp3) is 0.381. The largest absolute Gasteiger partial charge is 0.389 e. The number of benzene rings is 2. The van der Waals surface area contributed by atoms with E-state index in [1.807, 2.05) is 0 Å². The molecule has 1 aliphatic carbocycles. The van der Waals surface area contributed by atoms with Gasteiger partial charge < -0.3 is 9.57 Å². The van der Waals surface area contributed by atoms with Crippen molar-refractivity contribution in [3.63, 3.8) is 0 Å². The number of nitro benzene ring substituents is 1. The summed E-state index contributed by atoms with van der Waals surface area (Å²) in [6.45, 7) is 5.08. The number of nitrogens with zero attached hydrogens (tertiary/aromatic N) is 3. The number of hydrogen-bond acceptors (Lipinski definition) is 6. The standard InChI is InChI=1S/C21H21N3O4/c1-14-17-4-2-3-5-18(17)21(23-10-12-27-13-11-23)19(22-28-20(14)21)15-6-8-16(9-7-15)24(25)26/h2-9,14,20H,10-13H2,1H3/t14-,20+,21-/m0/s1. The monoisotopic (exact) mass is 379 g/mol. The van der Waals surface area contributed by atoms with Gasteiger partial charge in [0.05, 0.1) is 18.1 Å². The molecule has 3 atom stereocenters. The summed E-state index contributed by atoms with van der Waals surface area (Å²) in [6.07, 6.45) is -0.131. The Morgan fingerprint density at radius 2 is 1.86 bits per heavy atom. The summed E-state index contributed by atoms with van der Waals surface area (Å²) < 4.78 is 5.60. The molecule has 0 bridgehead atoms. The molecule has 2 aromatic carbocycles. The highest BCUT2D eigenvalue weighted by Crippen LogP contribution is 2.54. The number of hydrogen-bond donors (Lipinski definition) is 0. The summed E-state index contributed by atoms with van der Waals surface area (Å²) in [7, 11) is 0. The van der Waals surface area contributed by atoms with Gasteiger partial charge in [0.25, 0.3) is 5.69 Å². The van der Waals surface area contributed by atoms with E-state index in [2.05, 4.69) is 41.2 Å². The van der Waals surface area contributed by atoms with Crippen LogP contribution in [0.3, 0.4) is 0 Å². The van der Waals surface area contributed by atoms with Gasteiger partial charge in [-0.1, -0.05) is 36.3 Å². The summed E-state index contributed by atoms with van der Waals surface area (Å²) in [5.74, 6) is 0.193. The van der Waals surface area contributed by atoms with Crippen molar-refractivity contribution in [2.75, 3.05) is 26.3 Å². The normalized spacial score (nSPS) is 29.0. The minimum Gasteiger partial charge on any atom is -0.389 e. The Balaban J connectivity index is 1.68. The molecule has 5 rings (SSSR count). The third kappa shape index (κ3) is 2.26. The van der Waals surface area contributed by atoms with Gasteiger partial charge in [-0.15, -0.1) is 0 Å². The number of non-ortho nitro benzene ring substituents is 1. The summed E-state index contributed by atoms with van der Waals surface area (Å²) in [5.41, 5.74) is 3.72. The molecule has 0 unspecified atom stereocenters. The zero-order valence-electron chi connectivity index (χ0n) is 15.6. The first-order valence-corrected chi connectivity index (χ1v) is 9.55. The lowest BCUT2D eigenvalue weighted by Gasteiger charge is -2.43. The first kappa shape index (κ1) is 17.3. The molecule has 0 amide bonds. The Kier molecular flexibility index (Phi) is 3.96. The number of ether oxygens (including phenoxy) is 1. The Morgan fingerprint density at radius 1 is 1.14 bits per heavy atom. The average molecular weight is 379 g/mol. The first-order valence-electron chi connectivity index (χ1n) is 9.55. The summed E-state index contributed by atoms with van der Waals surface area (Å²) in [6, 6.07) is 15.1. The van der Waals surface area contributed by atoms with Crippen LogP contribution in [0.1, 0.15) is 29.5 Å². The lowest BCUT2D eigenvalue weighted by Crippen LogP contribution is -2.58. The van der Waals surface area contributed by atoms with Gasteiger partial charge in [-0.2, -0.15) is 0 Å². The van der Waals surface area contributed by atoms with Crippen LogP contribution in [0.15, 0.2) is 53.7 Å². The maximum atomic E-state index is 11.1. The van der Waals surface area contributed by atoms with Crippen LogP contribution >= 0.6 is 0 Å². The number of morpholine rings is 1. The lowest BCUT2D eigenvalue weighted by molar-refractivity contribution is -0.384. The Bertz CT molecular complexity index is 952. The molecule has 144 valence electrons. The van der Waals surface area contributed by atoms with Gasteiger partial charge in [-0.3, -0.25) is 15.0 Å². The van der Waals surface area contributed by atoms with Crippen LogP contribution in [0, 0.1) is 10.1 Å². The zero-order chi connectivity index (χ0) is 19.3. The Morgan fingerprint density at radius 3 is 2.57 bits per heavy atom. The zero-order valence-corrected chi connectivity index (χ0v) is 15.6. The van der Waals surface area contributed by atoms with Gasteiger partial charge in [0.1, 0.15) is 11.3 Å². The molecule has 2 heterocycles. The van der Waals surface area contributed by atoms with E-state index in [1.54, 1.807) is 12.1 Å². The van der Waals surface area contributed by atoms with Crippen molar-refractivity contribution in [2.45, 2.75) is 24.5 Å². The van der Waals surface area contributed by atoms with Crippen molar-refractivity contribution in [3.8, 4) is 0 Å². The van der Waals surface area contributed by atoms with Crippen molar-refractivity contribution in [1.82, 2.24) is 4.90 Å². The maximum Gasteiger partial charge on any atom is 0.269 e. The predicted octanol–water partition coefficient (Wildman–Crippen LogP) is 3.04. The quantitative estimate of drug-likeness (QED) is 0.605. The summed E-state index contributed by atoms with van der Waals surface area (Å²) in [4.78, 5) is 19.1. The van der Waals surface area contributed by atoms with Crippen LogP contribution in [0.5, 0.6) is 0 Å². The van der Waals surface area contributed by atoms with Crippen LogP contribution in [-0.2, 0) is 15.1 Å². The SMILES string of the molecule is C[C@H]1c2ccccc2[C@]2(N3CCOCC3)C(c3ccc([N+](=O)[O-])cc3)=NO[C@H]12. The van der Waals surface area contributed by atoms with E-state index in [1.165, 1.54) is 23.3 Å². The molecule has 0 saturated carbocycles. The number of oxime groups is 1. The number of nitro groups is 1. The minimum atomic E-state index is -0.504. The van der Waals surface area contributed by atoms with Gasteiger partial charge >= 0.3 is 0 Å². The van der Waals surface area contributed by atoms with Gasteiger partial charge in [0.15, 0.2) is 6.10 Å². The predicted molar refractivity (Wildman–Crippen MR) is 103 cm³/mol. The van der Waals surface area contributed by atoms with Crippen LogP contribution in [-0.4, -0.2) is 47.9 Å². The third-order valence-electron chi connectivity index (χ3n) is 6.21. The molecular formula is C21H21N3O4. The smallest absolute Gasteiger partial charge is 0.269 e. The van der Waals surface area contributed by atoms with E-state index >= 15 is 0 Å². The summed E-state index contributed by atoms with van der Waals surface area (Å²) >= 11 is 0. The second-order valence-corrected chi connectivity index (χ2v) is 7.51. The molecular weight excluding hydrogens is 358 g/mol. The van der Waals surface area contributed by atoms with E-state index < -0.39 is 5.54 Å². The molecule has 7 heteroatoms. The fourth-order valence-electron chi connectivity index (χ4n) is 4.96. The highest BCUT2D eigenvalue weighted by molar-refractivity contribution is 6.10. The number of fused-ring (bicyclic) bond motifs is 3. The van der Waals surface area contributed by atoms with Gasteiger partial charge in [-0.25, -0.2) is 0 Å².